The molecule has 0 saturated heterocycles. The summed E-state index contributed by atoms with van der Waals surface area (Å²) in [4.78, 5) is 14.6. The van der Waals surface area contributed by atoms with Gasteiger partial charge in [0.1, 0.15) is 0 Å². The zero-order valence-corrected chi connectivity index (χ0v) is 15.9. The Morgan fingerprint density at radius 3 is 2.38 bits per heavy atom. The number of carbonyl (C=O) groups excluding carboxylic acids is 1. The van der Waals surface area contributed by atoms with Crippen molar-refractivity contribution in [3.63, 3.8) is 0 Å². The van der Waals surface area contributed by atoms with Gasteiger partial charge in [-0.15, -0.1) is 6.58 Å². The summed E-state index contributed by atoms with van der Waals surface area (Å²) in [5, 5.41) is 0. The third kappa shape index (κ3) is 4.80. The molecular formula is C20H24N2O3S. The molecule has 0 spiro atoms. The van der Waals surface area contributed by atoms with Crippen LogP contribution in [0.4, 0.5) is 0 Å². The first-order chi connectivity index (χ1) is 12.4. The number of carbonyl (C=O) groups is 1. The van der Waals surface area contributed by atoms with Crippen LogP contribution in [0.25, 0.3) is 0 Å². The molecule has 2 aromatic rings. The van der Waals surface area contributed by atoms with E-state index in [2.05, 4.69) is 11.3 Å². The first-order valence-corrected chi connectivity index (χ1v) is 9.91. The van der Waals surface area contributed by atoms with Crippen LogP contribution in [0.2, 0.25) is 0 Å². The molecule has 0 aliphatic rings. The highest BCUT2D eigenvalue weighted by Crippen LogP contribution is 2.15. The molecule has 0 atom stereocenters. The van der Waals surface area contributed by atoms with Gasteiger partial charge in [-0.05, 0) is 49.2 Å². The first-order valence-electron chi connectivity index (χ1n) is 8.43. The van der Waals surface area contributed by atoms with Gasteiger partial charge in [0.2, 0.25) is 10.0 Å². The number of hydrogen-bond donors (Lipinski definition) is 1. The fourth-order valence-electron chi connectivity index (χ4n) is 2.53. The topological polar surface area (TPSA) is 66.5 Å². The van der Waals surface area contributed by atoms with Crippen LogP contribution in [0.3, 0.4) is 0 Å². The molecule has 2 rings (SSSR count). The molecule has 1 amide bonds. The lowest BCUT2D eigenvalue weighted by Crippen LogP contribution is -2.30. The third-order valence-corrected chi connectivity index (χ3v) is 5.56. The molecule has 0 heterocycles. The summed E-state index contributed by atoms with van der Waals surface area (Å²) in [7, 11) is -3.59. The molecular weight excluding hydrogens is 348 g/mol. The van der Waals surface area contributed by atoms with E-state index in [9.17, 15) is 13.2 Å². The van der Waals surface area contributed by atoms with Gasteiger partial charge in [-0.2, -0.15) is 0 Å². The van der Waals surface area contributed by atoms with Gasteiger partial charge in [-0.1, -0.05) is 30.3 Å². The van der Waals surface area contributed by atoms with Crippen LogP contribution in [0.1, 0.15) is 28.4 Å². The Bertz CT molecular complexity index is 874. The summed E-state index contributed by atoms with van der Waals surface area (Å²) in [5.74, 6) is -0.126. The van der Waals surface area contributed by atoms with Crippen LogP contribution < -0.4 is 4.72 Å². The fraction of sp³-hybridized carbons (Fsp3) is 0.250. The van der Waals surface area contributed by atoms with Gasteiger partial charge in [-0.3, -0.25) is 4.79 Å². The molecule has 1 N–H and O–H groups in total. The summed E-state index contributed by atoms with van der Waals surface area (Å²) >= 11 is 0. The third-order valence-electron chi connectivity index (χ3n) is 4.12. The lowest BCUT2D eigenvalue weighted by Gasteiger charge is -2.22. The molecule has 0 radical (unpaired) electrons. The van der Waals surface area contributed by atoms with Gasteiger partial charge in [-0.25, -0.2) is 13.1 Å². The minimum atomic E-state index is -3.59. The van der Waals surface area contributed by atoms with Crippen molar-refractivity contribution in [2.45, 2.75) is 25.3 Å². The average Bonchev–Trinajstić information content (AvgIpc) is 2.65. The Labute approximate surface area is 155 Å². The molecule has 0 aliphatic heterocycles. The largest absolute Gasteiger partial charge is 0.335 e. The normalized spacial score (nSPS) is 11.2. The van der Waals surface area contributed by atoms with E-state index in [1.807, 2.05) is 38.1 Å². The van der Waals surface area contributed by atoms with E-state index in [1.54, 1.807) is 17.0 Å². The highest BCUT2D eigenvalue weighted by molar-refractivity contribution is 7.89. The summed E-state index contributed by atoms with van der Waals surface area (Å²) in [6.45, 7) is 8.67. The van der Waals surface area contributed by atoms with Crippen LogP contribution in [0, 0.1) is 6.92 Å². The second kappa shape index (κ2) is 8.78. The summed E-state index contributed by atoms with van der Waals surface area (Å²) in [6.07, 6.45) is 1.47. The fourth-order valence-corrected chi connectivity index (χ4v) is 3.53. The smallest absolute Gasteiger partial charge is 0.254 e. The van der Waals surface area contributed by atoms with Crippen LogP contribution in [-0.4, -0.2) is 32.3 Å². The second-order valence-corrected chi connectivity index (χ2v) is 7.68. The van der Waals surface area contributed by atoms with Crippen LogP contribution in [0.15, 0.2) is 66.1 Å². The molecule has 0 bridgehead atoms. The highest BCUT2D eigenvalue weighted by atomic mass is 32.2. The first kappa shape index (κ1) is 19.9. The number of benzene rings is 2. The number of nitrogens with zero attached hydrogens (tertiary/aromatic N) is 1. The number of aryl methyl sites for hydroxylation is 1. The van der Waals surface area contributed by atoms with Crippen molar-refractivity contribution < 1.29 is 13.2 Å². The standard InChI is InChI=1S/C20H24N2O3S/c1-4-14-21-26(24,25)19-12-10-17(11-13-19)20(23)22(5-2)15-18-9-7-6-8-16(18)3/h4,6-13,21H,1,5,14-15H2,2-3H3. The van der Waals surface area contributed by atoms with Crippen molar-refractivity contribution in [2.75, 3.05) is 13.1 Å². The lowest BCUT2D eigenvalue weighted by atomic mass is 10.1. The number of sulfonamides is 1. The van der Waals surface area contributed by atoms with Crippen molar-refractivity contribution in [1.82, 2.24) is 9.62 Å². The summed E-state index contributed by atoms with van der Waals surface area (Å²) in [5.41, 5.74) is 2.69. The summed E-state index contributed by atoms with van der Waals surface area (Å²) < 4.78 is 26.6. The molecule has 138 valence electrons. The molecule has 0 fully saturated rings. The van der Waals surface area contributed by atoms with Gasteiger partial charge in [0, 0.05) is 25.2 Å². The molecule has 5 nitrogen and oxygen atoms in total. The van der Waals surface area contributed by atoms with E-state index >= 15 is 0 Å². The minimum absolute atomic E-state index is 0.123. The Balaban J connectivity index is 2.17. The Kier molecular flexibility index (Phi) is 6.71. The van der Waals surface area contributed by atoms with Crippen LogP contribution >= 0.6 is 0 Å². The van der Waals surface area contributed by atoms with E-state index in [4.69, 9.17) is 0 Å². The van der Waals surface area contributed by atoms with Gasteiger partial charge >= 0.3 is 0 Å². The van der Waals surface area contributed by atoms with Crippen LogP contribution in [0.5, 0.6) is 0 Å². The Morgan fingerprint density at radius 1 is 1.15 bits per heavy atom. The minimum Gasteiger partial charge on any atom is -0.335 e. The maximum absolute atomic E-state index is 12.8. The highest BCUT2D eigenvalue weighted by Gasteiger charge is 2.17. The van der Waals surface area contributed by atoms with Crippen molar-refractivity contribution in [2.24, 2.45) is 0 Å². The maximum atomic E-state index is 12.8. The summed E-state index contributed by atoms with van der Waals surface area (Å²) in [6, 6.07) is 13.9. The van der Waals surface area contributed by atoms with Crippen molar-refractivity contribution in [1.29, 1.82) is 0 Å². The second-order valence-electron chi connectivity index (χ2n) is 5.91. The van der Waals surface area contributed by atoms with E-state index in [-0.39, 0.29) is 17.3 Å². The van der Waals surface area contributed by atoms with Gasteiger partial charge < -0.3 is 4.90 Å². The van der Waals surface area contributed by atoms with Crippen molar-refractivity contribution >= 4 is 15.9 Å². The Hall–Kier alpha value is -2.44. The number of nitrogens with one attached hydrogen (secondary N) is 1. The van der Waals surface area contributed by atoms with E-state index in [1.165, 1.54) is 18.2 Å². The van der Waals surface area contributed by atoms with Crippen LogP contribution in [-0.2, 0) is 16.6 Å². The zero-order chi connectivity index (χ0) is 19.2. The molecule has 0 saturated carbocycles. The lowest BCUT2D eigenvalue weighted by molar-refractivity contribution is 0.0752. The zero-order valence-electron chi connectivity index (χ0n) is 15.1. The van der Waals surface area contributed by atoms with E-state index in [0.29, 0.717) is 18.7 Å². The molecule has 0 aliphatic carbocycles. The quantitative estimate of drug-likeness (QED) is 0.724. The van der Waals surface area contributed by atoms with Gasteiger partial charge in [0.05, 0.1) is 4.90 Å². The molecule has 2 aromatic carbocycles. The molecule has 0 unspecified atom stereocenters. The van der Waals surface area contributed by atoms with Crippen molar-refractivity contribution in [3.8, 4) is 0 Å². The predicted octanol–water partition coefficient (Wildman–Crippen LogP) is 3.12. The van der Waals surface area contributed by atoms with E-state index in [0.717, 1.165) is 11.1 Å². The maximum Gasteiger partial charge on any atom is 0.254 e. The molecule has 6 heteroatoms. The Morgan fingerprint density at radius 2 is 1.81 bits per heavy atom. The van der Waals surface area contributed by atoms with Gasteiger partial charge in [0.25, 0.3) is 5.91 Å². The number of hydrogen-bond acceptors (Lipinski definition) is 3. The van der Waals surface area contributed by atoms with Crippen molar-refractivity contribution in [3.05, 3.63) is 77.9 Å². The van der Waals surface area contributed by atoms with E-state index < -0.39 is 10.0 Å². The molecule has 0 aromatic heterocycles. The van der Waals surface area contributed by atoms with Gasteiger partial charge in [0.15, 0.2) is 0 Å². The SMILES string of the molecule is C=CCNS(=O)(=O)c1ccc(C(=O)N(CC)Cc2ccccc2C)cc1. The average molecular weight is 372 g/mol. The monoisotopic (exact) mass is 372 g/mol. The number of rotatable bonds is 8. The predicted molar refractivity (Wildman–Crippen MR) is 103 cm³/mol. The molecule has 26 heavy (non-hydrogen) atoms. The number of amides is 1.